The summed E-state index contributed by atoms with van der Waals surface area (Å²) in [7, 11) is 0. The van der Waals surface area contributed by atoms with Crippen LogP contribution < -0.4 is 5.32 Å². The molecule has 0 radical (unpaired) electrons. The standard InChI is InChI=1S/C28H38F3N3O/c1-18(2)26-25(32-5)23(14-20(4)27(35)33-15-21-8-6-19(3)7-9-21)17-34(26)16-22-10-12-24(13-11-22)28(29,30)31/h10-14,18-19,21,26H,5-9,15-17H2,1-4H3,(H,33,35)/b20-14+/t19-,21-,26-/m0/s1. The lowest BCUT2D eigenvalue weighted by Crippen LogP contribution is -2.35. The maximum Gasteiger partial charge on any atom is 0.416 e. The molecule has 1 N–H and O–H groups in total. The Bertz CT molecular complexity index is 955. The fourth-order valence-corrected chi connectivity index (χ4v) is 5.24. The number of carbonyl (C=O) groups is 1. The monoisotopic (exact) mass is 489 g/mol. The molecule has 0 bridgehead atoms. The molecule has 35 heavy (non-hydrogen) atoms. The molecule has 1 heterocycles. The van der Waals surface area contributed by atoms with E-state index in [2.05, 4.69) is 42.7 Å². The Hall–Kier alpha value is -2.41. The van der Waals surface area contributed by atoms with Gasteiger partial charge in [-0.1, -0.05) is 45.7 Å². The van der Waals surface area contributed by atoms with Crippen LogP contribution in [0.1, 0.15) is 64.5 Å². The molecule has 1 aliphatic carbocycles. The Morgan fingerprint density at radius 2 is 1.83 bits per heavy atom. The minimum absolute atomic E-state index is 0.0267. The first-order chi connectivity index (χ1) is 16.5. The van der Waals surface area contributed by atoms with Gasteiger partial charge >= 0.3 is 6.18 Å². The van der Waals surface area contributed by atoms with E-state index < -0.39 is 11.7 Å². The summed E-state index contributed by atoms with van der Waals surface area (Å²) in [6.45, 7) is 13.8. The molecule has 1 aliphatic heterocycles. The van der Waals surface area contributed by atoms with Crippen LogP contribution in [0.2, 0.25) is 0 Å². The molecule has 1 amide bonds. The number of nitrogens with one attached hydrogen (secondary N) is 1. The third kappa shape index (κ3) is 7.06. The Kier molecular flexibility index (Phi) is 8.97. The number of carbonyl (C=O) groups excluding carboxylic acids is 1. The highest BCUT2D eigenvalue weighted by Crippen LogP contribution is 2.34. The van der Waals surface area contributed by atoms with Gasteiger partial charge in [-0.3, -0.25) is 14.7 Å². The second-order valence-electron chi connectivity index (χ2n) is 10.5. The van der Waals surface area contributed by atoms with Crippen LogP contribution in [-0.4, -0.2) is 36.7 Å². The zero-order valence-electron chi connectivity index (χ0n) is 21.3. The molecule has 1 aromatic rings. The zero-order chi connectivity index (χ0) is 25.8. The molecule has 192 valence electrons. The molecule has 1 atom stereocenters. The molecule has 0 saturated heterocycles. The molecule has 2 aliphatic rings. The molecule has 1 fully saturated rings. The summed E-state index contributed by atoms with van der Waals surface area (Å²) in [5, 5.41) is 3.09. The number of rotatable bonds is 8. The average Bonchev–Trinajstić information content (AvgIpc) is 3.14. The van der Waals surface area contributed by atoms with Crippen LogP contribution in [0.4, 0.5) is 13.2 Å². The van der Waals surface area contributed by atoms with E-state index in [1.807, 2.05) is 13.0 Å². The number of benzene rings is 1. The first kappa shape index (κ1) is 27.2. The van der Waals surface area contributed by atoms with Crippen molar-refractivity contribution in [3.05, 3.63) is 58.3 Å². The topological polar surface area (TPSA) is 44.7 Å². The number of nitrogens with zero attached hydrogens (tertiary/aromatic N) is 2. The van der Waals surface area contributed by atoms with Gasteiger partial charge in [-0.2, -0.15) is 13.2 Å². The van der Waals surface area contributed by atoms with E-state index in [0.717, 1.165) is 47.7 Å². The first-order valence-corrected chi connectivity index (χ1v) is 12.6. The third-order valence-corrected chi connectivity index (χ3v) is 7.28. The summed E-state index contributed by atoms with van der Waals surface area (Å²) in [4.78, 5) is 19.3. The van der Waals surface area contributed by atoms with Gasteiger partial charge < -0.3 is 5.32 Å². The van der Waals surface area contributed by atoms with Crippen molar-refractivity contribution in [1.29, 1.82) is 0 Å². The van der Waals surface area contributed by atoms with E-state index in [0.29, 0.717) is 31.1 Å². The number of halogens is 3. The van der Waals surface area contributed by atoms with E-state index in [9.17, 15) is 18.0 Å². The van der Waals surface area contributed by atoms with E-state index in [1.54, 1.807) is 0 Å². The number of amides is 1. The predicted molar refractivity (Wildman–Crippen MR) is 135 cm³/mol. The Morgan fingerprint density at radius 3 is 2.37 bits per heavy atom. The quantitative estimate of drug-likeness (QED) is 0.340. The largest absolute Gasteiger partial charge is 0.416 e. The molecular formula is C28H38F3N3O. The molecule has 4 nitrogen and oxygen atoms in total. The van der Waals surface area contributed by atoms with Crippen LogP contribution in [0, 0.1) is 17.8 Å². The minimum atomic E-state index is -4.35. The van der Waals surface area contributed by atoms with E-state index in [-0.39, 0.29) is 17.9 Å². The molecule has 0 spiro atoms. The van der Waals surface area contributed by atoms with Crippen molar-refractivity contribution in [3.63, 3.8) is 0 Å². The predicted octanol–water partition coefficient (Wildman–Crippen LogP) is 6.39. The van der Waals surface area contributed by atoms with Gasteiger partial charge in [-0.05, 0) is 73.6 Å². The Morgan fingerprint density at radius 1 is 1.20 bits per heavy atom. The Labute approximate surface area is 207 Å². The second kappa shape index (κ2) is 11.5. The van der Waals surface area contributed by atoms with Crippen molar-refractivity contribution in [2.75, 3.05) is 13.1 Å². The fraction of sp³-hybridized carbons (Fsp3) is 0.571. The van der Waals surface area contributed by atoms with Crippen LogP contribution in [0.5, 0.6) is 0 Å². The maximum absolute atomic E-state index is 12.9. The lowest BCUT2D eigenvalue weighted by atomic mass is 9.83. The van der Waals surface area contributed by atoms with Crippen LogP contribution >= 0.6 is 0 Å². The molecule has 0 unspecified atom stereocenters. The van der Waals surface area contributed by atoms with Gasteiger partial charge in [0.2, 0.25) is 5.91 Å². The van der Waals surface area contributed by atoms with Gasteiger partial charge in [0.15, 0.2) is 0 Å². The molecule has 1 aromatic carbocycles. The summed E-state index contributed by atoms with van der Waals surface area (Å²) in [6, 6.07) is 5.27. The molecule has 3 rings (SSSR count). The van der Waals surface area contributed by atoms with Crippen molar-refractivity contribution < 1.29 is 18.0 Å². The molecule has 0 aromatic heterocycles. The number of aliphatic imine (C=N–C) groups is 1. The summed E-state index contributed by atoms with van der Waals surface area (Å²) < 4.78 is 38.8. The first-order valence-electron chi connectivity index (χ1n) is 12.6. The third-order valence-electron chi connectivity index (χ3n) is 7.28. The Balaban J connectivity index is 1.69. The second-order valence-corrected chi connectivity index (χ2v) is 10.5. The lowest BCUT2D eigenvalue weighted by Gasteiger charge is -2.28. The van der Waals surface area contributed by atoms with Gasteiger partial charge in [0.1, 0.15) is 0 Å². The van der Waals surface area contributed by atoms with Crippen LogP contribution in [0.25, 0.3) is 0 Å². The minimum Gasteiger partial charge on any atom is -0.352 e. The van der Waals surface area contributed by atoms with Crippen LogP contribution in [-0.2, 0) is 17.5 Å². The van der Waals surface area contributed by atoms with Crippen molar-refractivity contribution >= 4 is 12.6 Å². The number of alkyl halides is 3. The summed E-state index contributed by atoms with van der Waals surface area (Å²) in [5.74, 6) is 1.48. The molecular weight excluding hydrogens is 451 g/mol. The van der Waals surface area contributed by atoms with Crippen molar-refractivity contribution in [2.45, 2.75) is 72.1 Å². The lowest BCUT2D eigenvalue weighted by molar-refractivity contribution is -0.137. The van der Waals surface area contributed by atoms with E-state index >= 15 is 0 Å². The van der Waals surface area contributed by atoms with Gasteiger partial charge in [0, 0.05) is 25.2 Å². The normalized spacial score (nSPS) is 24.2. The summed E-state index contributed by atoms with van der Waals surface area (Å²) in [5.41, 5.74) is 2.55. The van der Waals surface area contributed by atoms with Crippen LogP contribution in [0.3, 0.4) is 0 Å². The van der Waals surface area contributed by atoms with Gasteiger partial charge in [-0.15, -0.1) is 0 Å². The van der Waals surface area contributed by atoms with E-state index in [4.69, 9.17) is 0 Å². The summed E-state index contributed by atoms with van der Waals surface area (Å²) in [6.07, 6.45) is 2.32. The van der Waals surface area contributed by atoms with Crippen LogP contribution in [0.15, 0.2) is 52.2 Å². The van der Waals surface area contributed by atoms with Crippen molar-refractivity contribution in [1.82, 2.24) is 10.2 Å². The van der Waals surface area contributed by atoms with Crippen molar-refractivity contribution in [3.8, 4) is 0 Å². The molecule has 1 saturated carbocycles. The van der Waals surface area contributed by atoms with Gasteiger partial charge in [0.25, 0.3) is 0 Å². The highest BCUT2D eigenvalue weighted by molar-refractivity contribution is 5.93. The van der Waals surface area contributed by atoms with E-state index in [1.165, 1.54) is 25.0 Å². The summed E-state index contributed by atoms with van der Waals surface area (Å²) >= 11 is 0. The van der Waals surface area contributed by atoms with Gasteiger partial charge in [-0.25, -0.2) is 0 Å². The number of hydrogen-bond acceptors (Lipinski definition) is 3. The highest BCUT2D eigenvalue weighted by atomic mass is 19.4. The molecule has 7 heteroatoms. The average molecular weight is 490 g/mol. The highest BCUT2D eigenvalue weighted by Gasteiger charge is 2.34. The smallest absolute Gasteiger partial charge is 0.352 e. The maximum atomic E-state index is 12.9. The SMILES string of the molecule is C=NC1=C(/C=C(\C)C(=O)NC[C@H]2CC[C@H](C)CC2)CN(Cc2ccc(C(F)(F)F)cc2)[C@H]1C(C)C. The van der Waals surface area contributed by atoms with Crippen molar-refractivity contribution in [2.24, 2.45) is 22.7 Å². The number of hydrogen-bond donors (Lipinski definition) is 1. The fourth-order valence-electron chi connectivity index (χ4n) is 5.24. The zero-order valence-corrected chi connectivity index (χ0v) is 21.3. The van der Waals surface area contributed by atoms with Gasteiger partial charge in [0.05, 0.1) is 17.3 Å².